The highest BCUT2D eigenvalue weighted by Crippen LogP contribution is 2.13. The summed E-state index contributed by atoms with van der Waals surface area (Å²) in [5.41, 5.74) is 0.448. The third-order valence-corrected chi connectivity index (χ3v) is 2.24. The van der Waals surface area contributed by atoms with Gasteiger partial charge >= 0.3 is 0 Å². The molecule has 6 nitrogen and oxygen atoms in total. The number of hydrogen-bond acceptors (Lipinski definition) is 4. The largest absolute Gasteiger partial charge is 0.295 e. The topological polar surface area (TPSA) is 65.6 Å². The zero-order valence-electron chi connectivity index (χ0n) is 9.22. The minimum Gasteiger partial charge on any atom is -0.265 e. The molecule has 0 spiro atoms. The van der Waals surface area contributed by atoms with Crippen LogP contribution < -0.4 is 5.56 Å². The lowest BCUT2D eigenvalue weighted by molar-refractivity contribution is 0.306. The molecule has 2 aromatic heterocycles. The van der Waals surface area contributed by atoms with Crippen molar-refractivity contribution in [3.8, 4) is 0 Å². The molecule has 0 unspecified atom stereocenters. The summed E-state index contributed by atoms with van der Waals surface area (Å²) in [6.07, 6.45) is 1.29. The van der Waals surface area contributed by atoms with Crippen molar-refractivity contribution < 1.29 is 0 Å². The Morgan fingerprint density at radius 2 is 2.00 bits per heavy atom. The molecule has 2 rings (SSSR count). The molecule has 0 N–H and O–H groups in total. The van der Waals surface area contributed by atoms with Gasteiger partial charge in [0.1, 0.15) is 6.33 Å². The number of aryl methyl sites for hydroxylation is 1. The van der Waals surface area contributed by atoms with Gasteiger partial charge < -0.3 is 0 Å². The van der Waals surface area contributed by atoms with E-state index in [4.69, 9.17) is 0 Å². The Balaban J connectivity index is 2.94. The summed E-state index contributed by atoms with van der Waals surface area (Å²) in [4.78, 5) is 16.0. The van der Waals surface area contributed by atoms with Crippen LogP contribution in [0.5, 0.6) is 0 Å². The lowest BCUT2D eigenvalue weighted by atomic mass is 10.1. The normalized spacial score (nSPS) is 12.3. The van der Waals surface area contributed by atoms with Crippen LogP contribution in [0.4, 0.5) is 0 Å². The van der Waals surface area contributed by atoms with Crippen molar-refractivity contribution in [1.82, 2.24) is 24.5 Å². The monoisotopic (exact) mass is 207 g/mol. The van der Waals surface area contributed by atoms with Crippen LogP contribution in [0.15, 0.2) is 11.1 Å². The van der Waals surface area contributed by atoms with E-state index in [2.05, 4.69) is 15.2 Å². The van der Waals surface area contributed by atoms with Crippen molar-refractivity contribution in [2.75, 3.05) is 0 Å². The van der Waals surface area contributed by atoms with Crippen LogP contribution in [0.2, 0.25) is 0 Å². The van der Waals surface area contributed by atoms with E-state index in [9.17, 15) is 4.79 Å². The third-order valence-electron chi connectivity index (χ3n) is 2.24. The van der Waals surface area contributed by atoms with E-state index in [0.29, 0.717) is 11.2 Å². The molecule has 0 radical (unpaired) electrons. The van der Waals surface area contributed by atoms with Crippen LogP contribution >= 0.6 is 0 Å². The van der Waals surface area contributed by atoms with Crippen molar-refractivity contribution in [3.63, 3.8) is 0 Å². The fourth-order valence-electron chi connectivity index (χ4n) is 1.72. The SMILES string of the molecule is Cn1c2nncnc2c(=O)n1C(C)(C)C. The molecule has 0 fully saturated rings. The summed E-state index contributed by atoms with van der Waals surface area (Å²) >= 11 is 0. The lowest BCUT2D eigenvalue weighted by Crippen LogP contribution is -2.35. The molecule has 2 heterocycles. The van der Waals surface area contributed by atoms with Gasteiger partial charge in [-0.2, -0.15) is 0 Å². The van der Waals surface area contributed by atoms with E-state index in [1.807, 2.05) is 20.8 Å². The Bertz CT molecular complexity index is 560. The van der Waals surface area contributed by atoms with Crippen molar-refractivity contribution in [3.05, 3.63) is 16.7 Å². The Kier molecular flexibility index (Phi) is 1.89. The molecular formula is C9H13N5O. The van der Waals surface area contributed by atoms with Crippen LogP contribution in [0, 0.1) is 0 Å². The highest BCUT2D eigenvalue weighted by atomic mass is 16.1. The quantitative estimate of drug-likeness (QED) is 0.622. The van der Waals surface area contributed by atoms with Gasteiger partial charge in [0.25, 0.3) is 5.56 Å². The zero-order valence-corrected chi connectivity index (χ0v) is 9.22. The summed E-state index contributed by atoms with van der Waals surface area (Å²) in [5.74, 6) is 0. The molecule has 15 heavy (non-hydrogen) atoms. The average molecular weight is 207 g/mol. The second-order valence-corrected chi connectivity index (χ2v) is 4.44. The fraction of sp³-hybridized carbons (Fsp3) is 0.556. The predicted octanol–water partition coefficient (Wildman–Crippen LogP) is 0.280. The van der Waals surface area contributed by atoms with Gasteiger partial charge in [-0.1, -0.05) is 0 Å². The Labute approximate surface area is 86.5 Å². The molecule has 0 saturated carbocycles. The molecule has 0 aliphatic carbocycles. The molecule has 0 aliphatic heterocycles. The summed E-state index contributed by atoms with van der Waals surface area (Å²) in [5, 5.41) is 7.58. The highest BCUT2D eigenvalue weighted by Gasteiger charge is 2.22. The summed E-state index contributed by atoms with van der Waals surface area (Å²) in [7, 11) is 1.78. The minimum atomic E-state index is -0.297. The maximum atomic E-state index is 12.0. The smallest absolute Gasteiger partial charge is 0.265 e. The zero-order chi connectivity index (χ0) is 11.2. The highest BCUT2D eigenvalue weighted by molar-refractivity contribution is 5.68. The third kappa shape index (κ3) is 1.33. The van der Waals surface area contributed by atoms with Crippen molar-refractivity contribution in [1.29, 1.82) is 0 Å². The molecule has 0 atom stereocenters. The van der Waals surface area contributed by atoms with E-state index in [1.54, 1.807) is 16.4 Å². The second kappa shape index (κ2) is 2.88. The molecule has 2 aromatic rings. The van der Waals surface area contributed by atoms with Crippen LogP contribution in [0.3, 0.4) is 0 Å². The van der Waals surface area contributed by atoms with Crippen molar-refractivity contribution >= 4 is 11.2 Å². The molecular weight excluding hydrogens is 194 g/mol. The van der Waals surface area contributed by atoms with Crippen LogP contribution in [0.1, 0.15) is 20.8 Å². The van der Waals surface area contributed by atoms with Crippen molar-refractivity contribution in [2.45, 2.75) is 26.3 Å². The average Bonchev–Trinajstić information content (AvgIpc) is 2.39. The standard InChI is InChI=1S/C9H13N5O/c1-9(2,3)14-8(15)6-7(13(14)4)12-11-5-10-6/h5H,1-4H3. The summed E-state index contributed by atoms with van der Waals surface area (Å²) in [6.45, 7) is 5.88. The van der Waals surface area contributed by atoms with Crippen LogP contribution in [-0.4, -0.2) is 24.5 Å². The first-order valence-corrected chi connectivity index (χ1v) is 4.69. The number of rotatable bonds is 0. The first-order chi connectivity index (χ1) is 6.93. The van der Waals surface area contributed by atoms with Crippen LogP contribution in [0.25, 0.3) is 11.2 Å². The van der Waals surface area contributed by atoms with Gasteiger partial charge in [0.05, 0.1) is 5.54 Å². The van der Waals surface area contributed by atoms with E-state index in [-0.39, 0.29) is 11.1 Å². The maximum absolute atomic E-state index is 12.0. The maximum Gasteiger partial charge on any atom is 0.295 e. The first-order valence-electron chi connectivity index (χ1n) is 4.69. The van der Waals surface area contributed by atoms with Crippen molar-refractivity contribution in [2.24, 2.45) is 7.05 Å². The number of hydrogen-bond donors (Lipinski definition) is 0. The molecule has 0 aliphatic rings. The van der Waals surface area contributed by atoms with Gasteiger partial charge in [0.2, 0.25) is 5.65 Å². The van der Waals surface area contributed by atoms with Gasteiger partial charge in [-0.15, -0.1) is 10.2 Å². The van der Waals surface area contributed by atoms with Gasteiger partial charge in [0.15, 0.2) is 5.52 Å². The van der Waals surface area contributed by atoms with Crippen LogP contribution in [-0.2, 0) is 12.6 Å². The summed E-state index contributed by atoms with van der Waals surface area (Å²) < 4.78 is 3.32. The van der Waals surface area contributed by atoms with Gasteiger partial charge in [-0.3, -0.25) is 9.48 Å². The fourth-order valence-corrected chi connectivity index (χ4v) is 1.72. The predicted molar refractivity (Wildman–Crippen MR) is 55.6 cm³/mol. The first kappa shape index (κ1) is 9.82. The lowest BCUT2D eigenvalue weighted by Gasteiger charge is -2.22. The van der Waals surface area contributed by atoms with E-state index in [0.717, 1.165) is 0 Å². The van der Waals surface area contributed by atoms with Gasteiger partial charge in [-0.05, 0) is 20.8 Å². The molecule has 0 amide bonds. The number of fused-ring (bicyclic) bond motifs is 1. The van der Waals surface area contributed by atoms with E-state index in [1.165, 1.54) is 6.33 Å². The van der Waals surface area contributed by atoms with Gasteiger partial charge in [-0.25, -0.2) is 9.67 Å². The molecule has 0 aromatic carbocycles. The molecule has 0 bridgehead atoms. The number of aromatic nitrogens is 5. The minimum absolute atomic E-state index is 0.130. The molecule has 80 valence electrons. The molecule has 0 saturated heterocycles. The summed E-state index contributed by atoms with van der Waals surface area (Å²) in [6, 6.07) is 0. The number of nitrogens with zero attached hydrogens (tertiary/aromatic N) is 5. The Hall–Kier alpha value is -1.72. The Morgan fingerprint density at radius 3 is 2.53 bits per heavy atom. The van der Waals surface area contributed by atoms with E-state index >= 15 is 0 Å². The molecule has 6 heteroatoms. The van der Waals surface area contributed by atoms with Gasteiger partial charge in [0, 0.05) is 7.05 Å². The Morgan fingerprint density at radius 1 is 1.33 bits per heavy atom. The second-order valence-electron chi connectivity index (χ2n) is 4.44. The van der Waals surface area contributed by atoms with E-state index < -0.39 is 0 Å².